The van der Waals surface area contributed by atoms with Crippen LogP contribution in [0.25, 0.3) is 5.69 Å². The van der Waals surface area contributed by atoms with Gasteiger partial charge in [-0.25, -0.2) is 9.36 Å². The monoisotopic (exact) mass is 236 g/mol. The molecule has 0 bridgehead atoms. The SMILES string of the molecule is CCc1nn(C)cc1-n1c(O)cc(=O)[nH]c1=O. The zero-order chi connectivity index (χ0) is 12.6. The third kappa shape index (κ3) is 1.86. The number of rotatable bonds is 2. The predicted molar refractivity (Wildman–Crippen MR) is 60.5 cm³/mol. The molecule has 0 aromatic carbocycles. The van der Waals surface area contributed by atoms with E-state index in [-0.39, 0.29) is 0 Å². The van der Waals surface area contributed by atoms with Crippen LogP contribution < -0.4 is 11.2 Å². The first-order valence-electron chi connectivity index (χ1n) is 5.11. The topological polar surface area (TPSA) is 92.9 Å². The van der Waals surface area contributed by atoms with Crippen molar-refractivity contribution in [1.82, 2.24) is 19.3 Å². The minimum Gasteiger partial charge on any atom is -0.494 e. The number of hydrogen-bond donors (Lipinski definition) is 2. The van der Waals surface area contributed by atoms with Crippen LogP contribution in [0.1, 0.15) is 12.6 Å². The molecule has 7 heteroatoms. The van der Waals surface area contributed by atoms with Crippen LogP contribution in [0, 0.1) is 0 Å². The van der Waals surface area contributed by atoms with Crippen LogP contribution in [0.2, 0.25) is 0 Å². The predicted octanol–water partition coefficient (Wildman–Crippen LogP) is -0.473. The second-order valence-corrected chi connectivity index (χ2v) is 3.62. The van der Waals surface area contributed by atoms with Crippen molar-refractivity contribution in [3.8, 4) is 11.6 Å². The molecule has 0 saturated carbocycles. The number of nitrogens with one attached hydrogen (secondary N) is 1. The smallest absolute Gasteiger partial charge is 0.335 e. The van der Waals surface area contributed by atoms with Gasteiger partial charge >= 0.3 is 5.69 Å². The molecule has 0 aliphatic carbocycles. The van der Waals surface area contributed by atoms with E-state index in [9.17, 15) is 14.7 Å². The molecule has 0 saturated heterocycles. The molecule has 0 aliphatic heterocycles. The Kier molecular flexibility index (Phi) is 2.58. The highest BCUT2D eigenvalue weighted by atomic mass is 16.3. The molecule has 2 aromatic rings. The van der Waals surface area contributed by atoms with E-state index in [4.69, 9.17) is 0 Å². The first kappa shape index (κ1) is 11.2. The summed E-state index contributed by atoms with van der Waals surface area (Å²) in [5.74, 6) is -0.401. The summed E-state index contributed by atoms with van der Waals surface area (Å²) in [5, 5.41) is 13.8. The maximum Gasteiger partial charge on any atom is 0.335 e. The molecular formula is C10H12N4O3. The van der Waals surface area contributed by atoms with E-state index in [0.29, 0.717) is 17.8 Å². The normalized spacial score (nSPS) is 10.7. The van der Waals surface area contributed by atoms with E-state index in [1.165, 1.54) is 0 Å². The number of aromatic nitrogens is 4. The van der Waals surface area contributed by atoms with Crippen molar-refractivity contribution in [2.45, 2.75) is 13.3 Å². The number of aromatic hydroxyl groups is 1. The Morgan fingerprint density at radius 2 is 2.18 bits per heavy atom. The van der Waals surface area contributed by atoms with Crippen LogP contribution >= 0.6 is 0 Å². The highest BCUT2D eigenvalue weighted by Gasteiger charge is 2.13. The van der Waals surface area contributed by atoms with Gasteiger partial charge in [-0.1, -0.05) is 6.92 Å². The lowest BCUT2D eigenvalue weighted by molar-refractivity contribution is 0.430. The fraction of sp³-hybridized carbons (Fsp3) is 0.300. The minimum atomic E-state index is -0.683. The van der Waals surface area contributed by atoms with Crippen molar-refractivity contribution in [2.75, 3.05) is 0 Å². The summed E-state index contributed by atoms with van der Waals surface area (Å²) in [7, 11) is 1.72. The van der Waals surface area contributed by atoms with Gasteiger partial charge < -0.3 is 5.11 Å². The van der Waals surface area contributed by atoms with Gasteiger partial charge in [0.15, 0.2) is 0 Å². The minimum absolute atomic E-state index is 0.401. The Balaban J connectivity index is 2.76. The number of hydrogen-bond acceptors (Lipinski definition) is 4. The van der Waals surface area contributed by atoms with Crippen LogP contribution in [0.15, 0.2) is 21.9 Å². The van der Waals surface area contributed by atoms with Gasteiger partial charge in [0, 0.05) is 13.2 Å². The van der Waals surface area contributed by atoms with Crippen LogP contribution in [0.3, 0.4) is 0 Å². The molecule has 0 spiro atoms. The molecule has 0 atom stereocenters. The van der Waals surface area contributed by atoms with Crippen LogP contribution in [-0.4, -0.2) is 24.4 Å². The number of aromatic amines is 1. The lowest BCUT2D eigenvalue weighted by Crippen LogP contribution is -2.28. The summed E-state index contributed by atoms with van der Waals surface area (Å²) in [6.07, 6.45) is 2.22. The summed E-state index contributed by atoms with van der Waals surface area (Å²) in [6, 6.07) is 0.952. The Hall–Kier alpha value is -2.31. The highest BCUT2D eigenvalue weighted by Crippen LogP contribution is 2.15. The third-order valence-electron chi connectivity index (χ3n) is 2.38. The van der Waals surface area contributed by atoms with Gasteiger partial charge in [-0.3, -0.25) is 14.5 Å². The third-order valence-corrected chi connectivity index (χ3v) is 2.38. The molecular weight excluding hydrogens is 224 g/mol. The molecule has 17 heavy (non-hydrogen) atoms. The molecule has 0 radical (unpaired) electrons. The fourth-order valence-electron chi connectivity index (χ4n) is 1.68. The first-order valence-corrected chi connectivity index (χ1v) is 5.11. The van der Waals surface area contributed by atoms with Crippen LogP contribution in [-0.2, 0) is 13.5 Å². The van der Waals surface area contributed by atoms with Gasteiger partial charge in [-0.15, -0.1) is 0 Å². The highest BCUT2D eigenvalue weighted by molar-refractivity contribution is 5.37. The average Bonchev–Trinajstić information content (AvgIpc) is 2.58. The molecule has 0 unspecified atom stereocenters. The van der Waals surface area contributed by atoms with E-state index >= 15 is 0 Å². The van der Waals surface area contributed by atoms with Gasteiger partial charge in [0.05, 0.1) is 17.4 Å². The standard InChI is InChI=1S/C10H12N4O3/c1-3-6-7(5-13(2)12-6)14-9(16)4-8(15)11-10(14)17/h4-5,16H,3H2,1-2H3,(H,11,15,17). The van der Waals surface area contributed by atoms with Gasteiger partial charge in [0.25, 0.3) is 5.56 Å². The van der Waals surface area contributed by atoms with Crippen molar-refractivity contribution >= 4 is 0 Å². The average molecular weight is 236 g/mol. The first-order chi connectivity index (χ1) is 8.02. The zero-order valence-electron chi connectivity index (χ0n) is 9.47. The van der Waals surface area contributed by atoms with Crippen molar-refractivity contribution in [2.24, 2.45) is 7.05 Å². The Bertz CT molecular complexity index is 665. The van der Waals surface area contributed by atoms with Gasteiger partial charge in [-0.2, -0.15) is 5.10 Å². The summed E-state index contributed by atoms with van der Waals surface area (Å²) in [4.78, 5) is 24.7. The molecule has 2 aromatic heterocycles. The maximum absolute atomic E-state index is 11.6. The summed E-state index contributed by atoms with van der Waals surface area (Å²) >= 11 is 0. The van der Waals surface area contributed by atoms with Crippen molar-refractivity contribution in [1.29, 1.82) is 0 Å². The summed E-state index contributed by atoms with van der Waals surface area (Å²) in [5.41, 5.74) is -0.186. The summed E-state index contributed by atoms with van der Waals surface area (Å²) < 4.78 is 2.57. The Morgan fingerprint density at radius 1 is 1.47 bits per heavy atom. The van der Waals surface area contributed by atoms with E-state index in [1.807, 2.05) is 6.92 Å². The molecule has 2 heterocycles. The lowest BCUT2D eigenvalue weighted by Gasteiger charge is -2.05. The Labute approximate surface area is 96.0 Å². The van der Waals surface area contributed by atoms with E-state index in [2.05, 4.69) is 10.1 Å². The lowest BCUT2D eigenvalue weighted by atomic mass is 10.3. The van der Waals surface area contributed by atoms with Gasteiger partial charge in [-0.05, 0) is 6.42 Å². The molecule has 0 amide bonds. The van der Waals surface area contributed by atoms with Gasteiger partial charge in [0.2, 0.25) is 5.88 Å². The van der Waals surface area contributed by atoms with Crippen molar-refractivity contribution in [3.63, 3.8) is 0 Å². The molecule has 7 nitrogen and oxygen atoms in total. The van der Waals surface area contributed by atoms with E-state index in [1.54, 1.807) is 17.9 Å². The quantitative estimate of drug-likeness (QED) is 0.737. The van der Waals surface area contributed by atoms with Crippen molar-refractivity contribution in [3.05, 3.63) is 38.8 Å². The Morgan fingerprint density at radius 3 is 2.76 bits per heavy atom. The molecule has 2 rings (SSSR count). The number of H-pyrrole nitrogens is 1. The molecule has 90 valence electrons. The van der Waals surface area contributed by atoms with E-state index in [0.717, 1.165) is 10.6 Å². The van der Waals surface area contributed by atoms with E-state index < -0.39 is 17.1 Å². The second kappa shape index (κ2) is 3.93. The molecule has 2 N–H and O–H groups in total. The van der Waals surface area contributed by atoms with Gasteiger partial charge in [0.1, 0.15) is 0 Å². The fourth-order valence-corrected chi connectivity index (χ4v) is 1.68. The largest absolute Gasteiger partial charge is 0.494 e. The summed E-state index contributed by atoms with van der Waals surface area (Å²) in [6.45, 7) is 1.89. The maximum atomic E-state index is 11.6. The zero-order valence-corrected chi connectivity index (χ0v) is 9.47. The molecule has 0 aliphatic rings. The van der Waals surface area contributed by atoms with Crippen molar-refractivity contribution < 1.29 is 5.11 Å². The van der Waals surface area contributed by atoms with Crippen LogP contribution in [0.5, 0.6) is 5.88 Å². The molecule has 0 fully saturated rings. The second-order valence-electron chi connectivity index (χ2n) is 3.62. The number of nitrogens with zero attached hydrogens (tertiary/aromatic N) is 3. The van der Waals surface area contributed by atoms with Crippen LogP contribution in [0.4, 0.5) is 0 Å². The number of aryl methyl sites for hydroxylation is 2.